The molecule has 0 aliphatic rings. The molecule has 1 aromatic carbocycles. The van der Waals surface area contributed by atoms with Crippen molar-refractivity contribution in [2.75, 3.05) is 20.8 Å². The lowest BCUT2D eigenvalue weighted by atomic mass is 10.1. The van der Waals surface area contributed by atoms with Crippen molar-refractivity contribution >= 4 is 5.91 Å². The Labute approximate surface area is 112 Å². The molecule has 0 spiro atoms. The van der Waals surface area contributed by atoms with E-state index < -0.39 is 6.04 Å². The van der Waals surface area contributed by atoms with E-state index in [1.165, 1.54) is 7.11 Å². The van der Waals surface area contributed by atoms with Crippen LogP contribution >= 0.6 is 0 Å². The minimum Gasteiger partial charge on any atom is -0.383 e. The van der Waals surface area contributed by atoms with Gasteiger partial charge in [-0.25, -0.2) is 5.84 Å². The summed E-state index contributed by atoms with van der Waals surface area (Å²) < 4.78 is 5.02. The lowest BCUT2D eigenvalue weighted by molar-refractivity contribution is -0.128. The summed E-state index contributed by atoms with van der Waals surface area (Å²) in [7, 11) is 3.33. The number of methoxy groups -OCH3 is 1. The fraction of sp³-hybridized carbons (Fsp3) is 0.385. The van der Waals surface area contributed by atoms with Crippen molar-refractivity contribution in [2.45, 2.75) is 12.6 Å². The first-order valence-corrected chi connectivity index (χ1v) is 5.81. The second kappa shape index (κ2) is 7.48. The lowest BCUT2D eigenvalue weighted by Crippen LogP contribution is -2.49. The number of carbonyl (C=O) groups excluding carboxylic acids is 1. The van der Waals surface area contributed by atoms with Crippen LogP contribution in [-0.2, 0) is 16.1 Å². The highest BCUT2D eigenvalue weighted by Gasteiger charge is 2.22. The molecule has 0 aliphatic heterocycles. The fourth-order valence-electron chi connectivity index (χ4n) is 1.79. The number of nitrogens with one attached hydrogen (secondary N) is 1. The van der Waals surface area contributed by atoms with Gasteiger partial charge in [-0.2, -0.15) is 5.26 Å². The van der Waals surface area contributed by atoms with E-state index in [2.05, 4.69) is 11.5 Å². The van der Waals surface area contributed by atoms with Crippen molar-refractivity contribution in [1.29, 1.82) is 5.26 Å². The van der Waals surface area contributed by atoms with Crippen LogP contribution in [0.25, 0.3) is 0 Å². The normalized spacial score (nSPS) is 11.9. The zero-order valence-electron chi connectivity index (χ0n) is 11.1. The van der Waals surface area contributed by atoms with Gasteiger partial charge in [0.25, 0.3) is 5.91 Å². The third-order valence-corrected chi connectivity index (χ3v) is 2.79. The van der Waals surface area contributed by atoms with E-state index in [0.29, 0.717) is 12.1 Å². The summed E-state index contributed by atoms with van der Waals surface area (Å²) >= 11 is 0. The quantitative estimate of drug-likeness (QED) is 0.427. The maximum absolute atomic E-state index is 11.6. The average Bonchev–Trinajstić information content (AvgIpc) is 2.44. The molecule has 6 heteroatoms. The molecule has 1 rings (SSSR count). The summed E-state index contributed by atoms with van der Waals surface area (Å²) in [4.78, 5) is 13.5. The van der Waals surface area contributed by atoms with Gasteiger partial charge in [0.1, 0.15) is 6.04 Å². The van der Waals surface area contributed by atoms with Gasteiger partial charge in [0.05, 0.1) is 18.2 Å². The molecule has 0 heterocycles. The number of nitrogens with zero attached hydrogens (tertiary/aromatic N) is 2. The van der Waals surface area contributed by atoms with Gasteiger partial charge in [-0.1, -0.05) is 12.1 Å². The summed E-state index contributed by atoms with van der Waals surface area (Å²) in [5, 5.41) is 8.85. The van der Waals surface area contributed by atoms with Gasteiger partial charge in [-0.15, -0.1) is 0 Å². The minimum atomic E-state index is -0.472. The number of hydrogen-bond acceptors (Lipinski definition) is 5. The van der Waals surface area contributed by atoms with Gasteiger partial charge in [-0.3, -0.25) is 15.1 Å². The molecular weight excluding hydrogens is 244 g/mol. The molecule has 1 atom stereocenters. The van der Waals surface area contributed by atoms with Gasteiger partial charge in [0, 0.05) is 13.7 Å². The van der Waals surface area contributed by atoms with Crippen molar-refractivity contribution in [3.05, 3.63) is 35.4 Å². The summed E-state index contributed by atoms with van der Waals surface area (Å²) in [6, 6.07) is 8.87. The van der Waals surface area contributed by atoms with Crippen molar-refractivity contribution in [2.24, 2.45) is 5.84 Å². The molecule has 0 saturated heterocycles. The molecule has 6 nitrogen and oxygen atoms in total. The van der Waals surface area contributed by atoms with Crippen molar-refractivity contribution in [3.63, 3.8) is 0 Å². The highest BCUT2D eigenvalue weighted by Crippen LogP contribution is 2.09. The number of nitrogens with two attached hydrogens (primary N) is 1. The molecule has 1 aromatic rings. The van der Waals surface area contributed by atoms with Gasteiger partial charge in [-0.05, 0) is 24.7 Å². The Morgan fingerprint density at radius 3 is 2.95 bits per heavy atom. The Morgan fingerprint density at radius 1 is 1.63 bits per heavy atom. The van der Waals surface area contributed by atoms with E-state index in [1.54, 1.807) is 19.2 Å². The van der Waals surface area contributed by atoms with Crippen molar-refractivity contribution in [1.82, 2.24) is 10.3 Å². The fourth-order valence-corrected chi connectivity index (χ4v) is 1.79. The van der Waals surface area contributed by atoms with Crippen LogP contribution < -0.4 is 11.3 Å². The van der Waals surface area contributed by atoms with Crippen molar-refractivity contribution in [3.8, 4) is 6.07 Å². The number of ether oxygens (including phenoxy) is 1. The monoisotopic (exact) mass is 262 g/mol. The first kappa shape index (κ1) is 15.1. The summed E-state index contributed by atoms with van der Waals surface area (Å²) in [5.41, 5.74) is 3.67. The number of rotatable bonds is 6. The Hall–Kier alpha value is -1.94. The highest BCUT2D eigenvalue weighted by molar-refractivity contribution is 5.81. The lowest BCUT2D eigenvalue weighted by Gasteiger charge is -2.25. The van der Waals surface area contributed by atoms with Crippen LogP contribution in [0.2, 0.25) is 0 Å². The first-order valence-electron chi connectivity index (χ1n) is 5.81. The van der Waals surface area contributed by atoms with Gasteiger partial charge < -0.3 is 4.74 Å². The molecule has 1 unspecified atom stereocenters. The maximum Gasteiger partial charge on any atom is 0.253 e. The molecule has 19 heavy (non-hydrogen) atoms. The highest BCUT2D eigenvalue weighted by atomic mass is 16.5. The summed E-state index contributed by atoms with van der Waals surface area (Å²) in [6.07, 6.45) is 0. The first-order chi connectivity index (χ1) is 9.12. The third-order valence-electron chi connectivity index (χ3n) is 2.79. The predicted octanol–water partition coefficient (Wildman–Crippen LogP) is -0.00502. The van der Waals surface area contributed by atoms with Crippen molar-refractivity contribution < 1.29 is 9.53 Å². The van der Waals surface area contributed by atoms with Crippen LogP contribution in [0.5, 0.6) is 0 Å². The molecule has 0 aromatic heterocycles. The second-order valence-electron chi connectivity index (χ2n) is 4.21. The Morgan fingerprint density at radius 2 is 2.37 bits per heavy atom. The molecule has 3 N–H and O–H groups in total. The van der Waals surface area contributed by atoms with E-state index in [4.69, 9.17) is 15.8 Å². The predicted molar refractivity (Wildman–Crippen MR) is 70.6 cm³/mol. The summed E-state index contributed by atoms with van der Waals surface area (Å²) in [5.74, 6) is 4.85. The SMILES string of the molecule is COCC(C(=O)NN)N(C)Cc1cccc(C#N)c1. The smallest absolute Gasteiger partial charge is 0.253 e. The van der Waals surface area contributed by atoms with Crippen LogP contribution in [0.15, 0.2) is 24.3 Å². The van der Waals surface area contributed by atoms with E-state index in [-0.39, 0.29) is 12.5 Å². The molecule has 0 saturated carbocycles. The number of nitriles is 1. The van der Waals surface area contributed by atoms with Crippen LogP contribution in [0, 0.1) is 11.3 Å². The number of likely N-dealkylation sites (N-methyl/N-ethyl adjacent to an activating group) is 1. The number of benzene rings is 1. The number of amides is 1. The van der Waals surface area contributed by atoms with Crippen LogP contribution in [0.1, 0.15) is 11.1 Å². The van der Waals surface area contributed by atoms with E-state index >= 15 is 0 Å². The van der Waals surface area contributed by atoms with Crippen LogP contribution in [0.3, 0.4) is 0 Å². The Balaban J connectivity index is 2.78. The van der Waals surface area contributed by atoms with E-state index in [1.807, 2.05) is 17.0 Å². The molecule has 1 amide bonds. The molecule has 0 radical (unpaired) electrons. The standard InChI is InChI=1S/C13H18N4O2/c1-17(12(9-19-2)13(18)16-15)8-11-5-3-4-10(6-11)7-14/h3-6,12H,8-9,15H2,1-2H3,(H,16,18). The average molecular weight is 262 g/mol. The van der Waals surface area contributed by atoms with E-state index in [0.717, 1.165) is 5.56 Å². The van der Waals surface area contributed by atoms with Crippen LogP contribution in [-0.4, -0.2) is 37.6 Å². The Kier molecular flexibility index (Phi) is 5.96. The zero-order chi connectivity index (χ0) is 14.3. The zero-order valence-corrected chi connectivity index (χ0v) is 11.1. The molecule has 0 aliphatic carbocycles. The Bertz CT molecular complexity index is 470. The van der Waals surface area contributed by atoms with Gasteiger partial charge in [0.2, 0.25) is 0 Å². The maximum atomic E-state index is 11.6. The topological polar surface area (TPSA) is 91.4 Å². The molecular formula is C13H18N4O2. The van der Waals surface area contributed by atoms with E-state index in [9.17, 15) is 4.79 Å². The largest absolute Gasteiger partial charge is 0.383 e. The summed E-state index contributed by atoms with van der Waals surface area (Å²) in [6.45, 7) is 0.772. The number of carbonyl (C=O) groups is 1. The van der Waals surface area contributed by atoms with Gasteiger partial charge in [0.15, 0.2) is 0 Å². The van der Waals surface area contributed by atoms with Gasteiger partial charge >= 0.3 is 0 Å². The minimum absolute atomic E-state index is 0.247. The van der Waals surface area contributed by atoms with Crippen LogP contribution in [0.4, 0.5) is 0 Å². The number of hydrazine groups is 1. The molecule has 0 bridgehead atoms. The number of hydrogen-bond donors (Lipinski definition) is 2. The molecule has 102 valence electrons. The molecule has 0 fully saturated rings. The third kappa shape index (κ3) is 4.34. The second-order valence-corrected chi connectivity index (χ2v) is 4.21.